The highest BCUT2D eigenvalue weighted by Crippen LogP contribution is 2.32. The molecular formula is C19H19BrN4O2S. The predicted molar refractivity (Wildman–Crippen MR) is 111 cm³/mol. The standard InChI is InChI=1S/C19H19BrN4O2S/c1-3-12-4-7-14(8-5-12)21-17(26)11-27-19-23-22-18(24(19)2)15-10-13(20)6-9-16(15)25/h4-10,25H,3,11H2,1-2H3,(H,21,26). The van der Waals surface area contributed by atoms with E-state index in [4.69, 9.17) is 0 Å². The van der Waals surface area contributed by atoms with Gasteiger partial charge in [-0.1, -0.05) is 46.7 Å². The zero-order chi connectivity index (χ0) is 19.4. The van der Waals surface area contributed by atoms with Gasteiger partial charge in [0.25, 0.3) is 0 Å². The minimum atomic E-state index is -0.112. The van der Waals surface area contributed by atoms with E-state index in [1.807, 2.05) is 24.3 Å². The van der Waals surface area contributed by atoms with Crippen molar-refractivity contribution in [2.75, 3.05) is 11.1 Å². The van der Waals surface area contributed by atoms with Crippen LogP contribution in [-0.4, -0.2) is 31.5 Å². The van der Waals surface area contributed by atoms with Crippen molar-refractivity contribution in [1.82, 2.24) is 14.8 Å². The minimum Gasteiger partial charge on any atom is -0.507 e. The predicted octanol–water partition coefficient (Wildman–Crippen LogP) is 4.24. The number of nitrogens with one attached hydrogen (secondary N) is 1. The number of thioether (sulfide) groups is 1. The van der Waals surface area contributed by atoms with Crippen LogP contribution in [0.3, 0.4) is 0 Å². The molecule has 3 aromatic rings. The first-order valence-corrected chi connectivity index (χ1v) is 10.2. The van der Waals surface area contributed by atoms with Gasteiger partial charge in [0.05, 0.1) is 11.3 Å². The van der Waals surface area contributed by atoms with Crippen molar-refractivity contribution >= 4 is 39.3 Å². The summed E-state index contributed by atoms with van der Waals surface area (Å²) >= 11 is 4.68. The molecule has 8 heteroatoms. The molecule has 2 aromatic carbocycles. The van der Waals surface area contributed by atoms with Gasteiger partial charge in [0, 0.05) is 17.2 Å². The highest BCUT2D eigenvalue weighted by molar-refractivity contribution is 9.10. The molecule has 1 aromatic heterocycles. The second kappa shape index (κ2) is 8.58. The molecule has 0 fully saturated rings. The molecule has 0 radical (unpaired) electrons. The number of phenolic OH excluding ortho intramolecular Hbond substituents is 1. The molecule has 1 amide bonds. The summed E-state index contributed by atoms with van der Waals surface area (Å²) in [5.41, 5.74) is 2.58. The number of aromatic hydroxyl groups is 1. The largest absolute Gasteiger partial charge is 0.507 e. The van der Waals surface area contributed by atoms with Crippen molar-refractivity contribution in [2.45, 2.75) is 18.5 Å². The van der Waals surface area contributed by atoms with E-state index in [1.165, 1.54) is 17.3 Å². The van der Waals surface area contributed by atoms with E-state index in [0.717, 1.165) is 16.6 Å². The summed E-state index contributed by atoms with van der Waals surface area (Å²) in [6.07, 6.45) is 0.964. The normalized spacial score (nSPS) is 10.8. The lowest BCUT2D eigenvalue weighted by atomic mass is 10.1. The number of carbonyl (C=O) groups is 1. The van der Waals surface area contributed by atoms with Gasteiger partial charge in [0.15, 0.2) is 11.0 Å². The molecule has 2 N–H and O–H groups in total. The van der Waals surface area contributed by atoms with Gasteiger partial charge < -0.3 is 15.0 Å². The number of anilines is 1. The van der Waals surface area contributed by atoms with E-state index in [2.05, 4.69) is 38.4 Å². The third-order valence-corrected chi connectivity index (χ3v) is 5.53. The summed E-state index contributed by atoms with van der Waals surface area (Å²) in [5, 5.41) is 21.8. The molecule has 1 heterocycles. The number of rotatable bonds is 6. The maximum atomic E-state index is 12.2. The highest BCUT2D eigenvalue weighted by atomic mass is 79.9. The lowest BCUT2D eigenvalue weighted by Crippen LogP contribution is -2.14. The van der Waals surface area contributed by atoms with Crippen molar-refractivity contribution in [3.8, 4) is 17.1 Å². The van der Waals surface area contributed by atoms with Gasteiger partial charge in [-0.05, 0) is 42.3 Å². The van der Waals surface area contributed by atoms with Gasteiger partial charge in [0.2, 0.25) is 5.91 Å². The molecule has 0 atom stereocenters. The van der Waals surface area contributed by atoms with Crippen LogP contribution in [0.2, 0.25) is 0 Å². The Kier molecular flexibility index (Phi) is 6.18. The molecule has 0 aliphatic rings. The van der Waals surface area contributed by atoms with E-state index in [9.17, 15) is 9.90 Å². The molecule has 27 heavy (non-hydrogen) atoms. The number of carbonyl (C=O) groups excluding carboxylic acids is 1. The number of aromatic nitrogens is 3. The van der Waals surface area contributed by atoms with Gasteiger partial charge in [-0.2, -0.15) is 0 Å². The summed E-state index contributed by atoms with van der Waals surface area (Å²) in [4.78, 5) is 12.2. The van der Waals surface area contributed by atoms with Crippen molar-refractivity contribution < 1.29 is 9.90 Å². The monoisotopic (exact) mass is 446 g/mol. The van der Waals surface area contributed by atoms with Gasteiger partial charge in [-0.3, -0.25) is 4.79 Å². The molecule has 0 saturated heterocycles. The van der Waals surface area contributed by atoms with Crippen LogP contribution in [0.25, 0.3) is 11.4 Å². The number of nitrogens with zero attached hydrogens (tertiary/aromatic N) is 3. The van der Waals surface area contributed by atoms with Crippen LogP contribution in [0.5, 0.6) is 5.75 Å². The summed E-state index contributed by atoms with van der Waals surface area (Å²) in [7, 11) is 1.80. The highest BCUT2D eigenvalue weighted by Gasteiger charge is 2.16. The zero-order valence-corrected chi connectivity index (χ0v) is 17.3. The number of aryl methyl sites for hydroxylation is 1. The number of halogens is 1. The first-order valence-electron chi connectivity index (χ1n) is 8.37. The Bertz CT molecular complexity index is 957. The number of hydrogen-bond donors (Lipinski definition) is 2. The summed E-state index contributed by atoms with van der Waals surface area (Å²) in [5.74, 6) is 0.760. The molecule has 0 spiro atoms. The molecule has 0 unspecified atom stereocenters. The second-order valence-electron chi connectivity index (χ2n) is 5.91. The first-order chi connectivity index (χ1) is 13.0. The van der Waals surface area contributed by atoms with Crippen LogP contribution < -0.4 is 5.32 Å². The van der Waals surface area contributed by atoms with E-state index in [0.29, 0.717) is 16.5 Å². The third kappa shape index (κ3) is 4.70. The van der Waals surface area contributed by atoms with E-state index in [-0.39, 0.29) is 17.4 Å². The van der Waals surface area contributed by atoms with Crippen molar-refractivity contribution in [1.29, 1.82) is 0 Å². The Morgan fingerprint density at radius 2 is 1.96 bits per heavy atom. The molecule has 6 nitrogen and oxygen atoms in total. The lowest BCUT2D eigenvalue weighted by molar-refractivity contribution is -0.113. The maximum absolute atomic E-state index is 12.2. The molecule has 140 valence electrons. The topological polar surface area (TPSA) is 80.0 Å². The molecule has 0 aliphatic carbocycles. The Morgan fingerprint density at radius 3 is 2.67 bits per heavy atom. The average molecular weight is 447 g/mol. The first kappa shape index (κ1) is 19.4. The van der Waals surface area contributed by atoms with Gasteiger partial charge in [-0.15, -0.1) is 10.2 Å². The molecular weight excluding hydrogens is 428 g/mol. The fraction of sp³-hybridized carbons (Fsp3) is 0.211. The van der Waals surface area contributed by atoms with Crippen LogP contribution in [-0.2, 0) is 18.3 Å². The summed E-state index contributed by atoms with van der Waals surface area (Å²) in [6.45, 7) is 2.09. The zero-order valence-electron chi connectivity index (χ0n) is 14.9. The van der Waals surface area contributed by atoms with E-state index < -0.39 is 0 Å². The second-order valence-corrected chi connectivity index (χ2v) is 7.77. The van der Waals surface area contributed by atoms with Crippen molar-refractivity contribution in [3.63, 3.8) is 0 Å². The number of phenols is 1. The van der Waals surface area contributed by atoms with Gasteiger partial charge in [-0.25, -0.2) is 0 Å². The number of hydrogen-bond acceptors (Lipinski definition) is 5. The fourth-order valence-electron chi connectivity index (χ4n) is 2.51. The smallest absolute Gasteiger partial charge is 0.234 e. The summed E-state index contributed by atoms with van der Waals surface area (Å²) < 4.78 is 2.59. The van der Waals surface area contributed by atoms with Crippen LogP contribution in [0, 0.1) is 0 Å². The Morgan fingerprint density at radius 1 is 1.22 bits per heavy atom. The van der Waals surface area contributed by atoms with Crippen LogP contribution in [0.15, 0.2) is 52.1 Å². The van der Waals surface area contributed by atoms with Crippen LogP contribution in [0.4, 0.5) is 5.69 Å². The van der Waals surface area contributed by atoms with Crippen molar-refractivity contribution in [3.05, 3.63) is 52.5 Å². The molecule has 3 rings (SSSR count). The fourth-order valence-corrected chi connectivity index (χ4v) is 3.59. The van der Waals surface area contributed by atoms with Crippen LogP contribution in [0.1, 0.15) is 12.5 Å². The van der Waals surface area contributed by atoms with Crippen molar-refractivity contribution in [2.24, 2.45) is 7.05 Å². The summed E-state index contributed by atoms with van der Waals surface area (Å²) in [6, 6.07) is 12.9. The quantitative estimate of drug-likeness (QED) is 0.553. The number of amides is 1. The van der Waals surface area contributed by atoms with Gasteiger partial charge >= 0.3 is 0 Å². The molecule has 0 bridgehead atoms. The lowest BCUT2D eigenvalue weighted by Gasteiger charge is -2.07. The Labute approximate surface area is 170 Å². The van der Waals surface area contributed by atoms with E-state index >= 15 is 0 Å². The molecule has 0 saturated carbocycles. The Hall–Kier alpha value is -2.32. The van der Waals surface area contributed by atoms with Gasteiger partial charge in [0.1, 0.15) is 5.75 Å². The Balaban J connectivity index is 1.65. The SMILES string of the molecule is CCc1ccc(NC(=O)CSc2nnc(-c3cc(Br)ccc3O)n2C)cc1. The van der Waals surface area contributed by atoms with Crippen LogP contribution >= 0.6 is 27.7 Å². The maximum Gasteiger partial charge on any atom is 0.234 e. The minimum absolute atomic E-state index is 0.112. The third-order valence-electron chi connectivity index (χ3n) is 4.01. The van der Waals surface area contributed by atoms with E-state index in [1.54, 1.807) is 29.8 Å². The average Bonchev–Trinajstić information content (AvgIpc) is 3.03. The number of benzene rings is 2. The molecule has 0 aliphatic heterocycles.